The number of aliphatic hydroxyl groups is 2. The molecule has 1 aromatic carbocycles. The van der Waals surface area contributed by atoms with Gasteiger partial charge in [0, 0.05) is 18.4 Å². The Hall–Kier alpha value is -2.03. The van der Waals surface area contributed by atoms with Crippen molar-refractivity contribution in [1.82, 2.24) is 0 Å². The number of aliphatic hydroxyl groups excluding tert-OH is 2. The van der Waals surface area contributed by atoms with Crippen molar-refractivity contribution >= 4 is 5.97 Å². The van der Waals surface area contributed by atoms with Crippen molar-refractivity contribution in [2.45, 2.75) is 63.9 Å². The van der Waals surface area contributed by atoms with Crippen LogP contribution in [0, 0.1) is 29.4 Å². The number of benzene rings is 1. The van der Waals surface area contributed by atoms with Crippen molar-refractivity contribution in [2.24, 2.45) is 17.8 Å². The van der Waals surface area contributed by atoms with Crippen molar-refractivity contribution in [1.29, 1.82) is 0 Å². The number of hydrogen-bond donors (Lipinski definition) is 2. The summed E-state index contributed by atoms with van der Waals surface area (Å²) >= 11 is 0. The molecule has 1 aliphatic heterocycles. The Morgan fingerprint density at radius 3 is 2.84 bits per heavy atom. The summed E-state index contributed by atoms with van der Waals surface area (Å²) in [5.74, 6) is -1.89. The van der Waals surface area contributed by atoms with Crippen LogP contribution in [0.5, 0.6) is 5.75 Å². The SMILES string of the molecule is CC(C)OC(=O)C[C@H]1CC[C@@H]2[C@@H](/C=C/[C@@H](O)COc3cc(F)ccc3F)[C@H](O)C[C@@H]2OC1. The third-order valence-electron chi connectivity index (χ3n) is 6.03. The number of halogens is 2. The highest BCUT2D eigenvalue weighted by Crippen LogP contribution is 2.41. The van der Waals surface area contributed by atoms with Gasteiger partial charge in [0.1, 0.15) is 18.5 Å². The summed E-state index contributed by atoms with van der Waals surface area (Å²) < 4.78 is 43.3. The van der Waals surface area contributed by atoms with Crippen molar-refractivity contribution in [3.05, 3.63) is 42.0 Å². The Balaban J connectivity index is 1.53. The second-order valence-corrected chi connectivity index (χ2v) is 8.94. The van der Waals surface area contributed by atoms with Gasteiger partial charge in [-0.1, -0.05) is 12.2 Å². The van der Waals surface area contributed by atoms with E-state index in [2.05, 4.69) is 0 Å². The molecule has 0 amide bonds. The lowest BCUT2D eigenvalue weighted by atomic mass is 9.86. The van der Waals surface area contributed by atoms with Gasteiger partial charge in [0.15, 0.2) is 11.6 Å². The van der Waals surface area contributed by atoms with Crippen molar-refractivity contribution < 1.29 is 38.0 Å². The first-order valence-corrected chi connectivity index (χ1v) is 11.2. The van der Waals surface area contributed by atoms with Crippen molar-refractivity contribution in [3.63, 3.8) is 0 Å². The second-order valence-electron chi connectivity index (χ2n) is 8.94. The Morgan fingerprint density at radius 1 is 1.31 bits per heavy atom. The fourth-order valence-electron chi connectivity index (χ4n) is 4.50. The molecule has 1 saturated carbocycles. The van der Waals surface area contributed by atoms with Gasteiger partial charge < -0.3 is 24.4 Å². The normalized spacial score (nSPS) is 29.0. The zero-order chi connectivity index (χ0) is 23.3. The molecule has 32 heavy (non-hydrogen) atoms. The summed E-state index contributed by atoms with van der Waals surface area (Å²) in [5.41, 5.74) is 0. The minimum atomic E-state index is -1.05. The topological polar surface area (TPSA) is 85.2 Å². The van der Waals surface area contributed by atoms with Crippen LogP contribution in [0.15, 0.2) is 30.4 Å². The van der Waals surface area contributed by atoms with E-state index in [9.17, 15) is 23.8 Å². The molecule has 0 radical (unpaired) electrons. The predicted molar refractivity (Wildman–Crippen MR) is 113 cm³/mol. The first-order chi connectivity index (χ1) is 15.2. The molecule has 1 aliphatic carbocycles. The summed E-state index contributed by atoms with van der Waals surface area (Å²) in [6, 6.07) is 2.88. The highest BCUT2D eigenvalue weighted by molar-refractivity contribution is 5.69. The number of esters is 1. The molecule has 1 saturated heterocycles. The Kier molecular flexibility index (Phi) is 8.62. The maximum atomic E-state index is 13.6. The lowest BCUT2D eigenvalue weighted by molar-refractivity contribution is -0.149. The molecular weight excluding hydrogens is 422 g/mol. The molecule has 6 nitrogen and oxygen atoms in total. The molecule has 0 aromatic heterocycles. The molecule has 2 fully saturated rings. The second kappa shape index (κ2) is 11.2. The van der Waals surface area contributed by atoms with E-state index in [4.69, 9.17) is 14.2 Å². The van der Waals surface area contributed by atoms with Crippen LogP contribution >= 0.6 is 0 Å². The van der Waals surface area contributed by atoms with Crippen molar-refractivity contribution in [3.8, 4) is 5.75 Å². The van der Waals surface area contributed by atoms with E-state index in [1.54, 1.807) is 6.08 Å². The molecule has 1 heterocycles. The van der Waals surface area contributed by atoms with E-state index in [-0.39, 0.29) is 48.3 Å². The minimum Gasteiger partial charge on any atom is -0.487 e. The number of carbonyl (C=O) groups is 1. The standard InChI is InChI=1S/C24H32F2O6/c1-14(2)32-24(29)9-15-3-6-19-18(21(28)11-22(19)30-12-15)7-5-17(27)13-31-23-10-16(25)4-8-20(23)26/h4-5,7-8,10,14-15,17-19,21-22,27-28H,3,6,9,11-13H2,1-2H3/b7-5+/t15-,17-,18-,19-,21-,22+/m1/s1. The van der Waals surface area contributed by atoms with E-state index < -0.39 is 23.8 Å². The summed E-state index contributed by atoms with van der Waals surface area (Å²) in [4.78, 5) is 12.0. The van der Waals surface area contributed by atoms with Crippen LogP contribution in [0.4, 0.5) is 8.78 Å². The number of ether oxygens (including phenoxy) is 3. The maximum Gasteiger partial charge on any atom is 0.306 e. The van der Waals surface area contributed by atoms with Gasteiger partial charge in [-0.05, 0) is 50.7 Å². The molecule has 178 valence electrons. The van der Waals surface area contributed by atoms with Crippen LogP contribution in [0.2, 0.25) is 0 Å². The quantitative estimate of drug-likeness (QED) is 0.463. The van der Waals surface area contributed by atoms with E-state index >= 15 is 0 Å². The molecule has 0 bridgehead atoms. The number of hydrogen-bond acceptors (Lipinski definition) is 6. The lowest BCUT2D eigenvalue weighted by Gasteiger charge is -2.21. The molecule has 6 atom stereocenters. The van der Waals surface area contributed by atoms with E-state index in [1.165, 1.54) is 6.08 Å². The third-order valence-corrected chi connectivity index (χ3v) is 6.03. The molecule has 3 rings (SSSR count). The monoisotopic (exact) mass is 454 g/mol. The summed E-state index contributed by atoms with van der Waals surface area (Å²) in [6.45, 7) is 3.84. The lowest BCUT2D eigenvalue weighted by Crippen LogP contribution is -2.22. The highest BCUT2D eigenvalue weighted by atomic mass is 19.1. The van der Waals surface area contributed by atoms with Crippen LogP contribution in [-0.2, 0) is 14.3 Å². The number of rotatable bonds is 8. The van der Waals surface area contributed by atoms with Crippen LogP contribution in [0.3, 0.4) is 0 Å². The van der Waals surface area contributed by atoms with Crippen LogP contribution in [0.1, 0.15) is 39.5 Å². The summed E-state index contributed by atoms with van der Waals surface area (Å²) in [7, 11) is 0. The molecule has 1 aromatic rings. The average molecular weight is 455 g/mol. The van der Waals surface area contributed by atoms with Gasteiger partial charge in [0.2, 0.25) is 0 Å². The highest BCUT2D eigenvalue weighted by Gasteiger charge is 2.43. The van der Waals surface area contributed by atoms with Crippen molar-refractivity contribution in [2.75, 3.05) is 13.2 Å². The zero-order valence-electron chi connectivity index (χ0n) is 18.5. The van der Waals surface area contributed by atoms with Gasteiger partial charge in [0.25, 0.3) is 0 Å². The number of fused-ring (bicyclic) bond motifs is 1. The van der Waals surface area contributed by atoms with Gasteiger partial charge in [-0.2, -0.15) is 0 Å². The largest absolute Gasteiger partial charge is 0.487 e. The molecule has 2 N–H and O–H groups in total. The summed E-state index contributed by atoms with van der Waals surface area (Å²) in [5, 5.41) is 20.7. The Bertz CT molecular complexity index is 799. The van der Waals surface area contributed by atoms with E-state index in [1.807, 2.05) is 13.8 Å². The fourth-order valence-corrected chi connectivity index (χ4v) is 4.50. The zero-order valence-corrected chi connectivity index (χ0v) is 18.5. The van der Waals surface area contributed by atoms with E-state index in [0.717, 1.165) is 31.0 Å². The first kappa shape index (κ1) is 24.6. The maximum absolute atomic E-state index is 13.6. The Morgan fingerprint density at radius 2 is 2.09 bits per heavy atom. The smallest absolute Gasteiger partial charge is 0.306 e. The molecule has 0 unspecified atom stereocenters. The van der Waals surface area contributed by atoms with Crippen LogP contribution in [-0.4, -0.2) is 53.8 Å². The van der Waals surface area contributed by atoms with Crippen LogP contribution < -0.4 is 4.74 Å². The predicted octanol–water partition coefficient (Wildman–Crippen LogP) is 3.39. The summed E-state index contributed by atoms with van der Waals surface area (Å²) in [6.07, 6.45) is 3.74. The van der Waals surface area contributed by atoms with Crippen LogP contribution in [0.25, 0.3) is 0 Å². The minimum absolute atomic E-state index is 0.0705. The van der Waals surface area contributed by atoms with Gasteiger partial charge in [0.05, 0.1) is 31.3 Å². The molecule has 8 heteroatoms. The molecular formula is C24H32F2O6. The van der Waals surface area contributed by atoms with Gasteiger partial charge in [-0.25, -0.2) is 8.78 Å². The fraction of sp³-hybridized carbons (Fsp3) is 0.625. The Labute approximate surface area is 187 Å². The van der Waals surface area contributed by atoms with Gasteiger partial charge in [-0.15, -0.1) is 0 Å². The van der Waals surface area contributed by atoms with E-state index in [0.29, 0.717) is 19.4 Å². The average Bonchev–Trinajstić information content (AvgIpc) is 2.89. The van der Waals surface area contributed by atoms with Gasteiger partial charge in [-0.3, -0.25) is 4.79 Å². The third kappa shape index (κ3) is 6.73. The number of carbonyl (C=O) groups excluding carboxylic acids is 1. The molecule has 0 spiro atoms. The first-order valence-electron chi connectivity index (χ1n) is 11.2. The molecule has 2 aliphatic rings. The van der Waals surface area contributed by atoms with Gasteiger partial charge >= 0.3 is 5.97 Å².